The lowest BCUT2D eigenvalue weighted by Gasteiger charge is -2.19. The van der Waals surface area contributed by atoms with Crippen molar-refractivity contribution in [3.63, 3.8) is 0 Å². The molecule has 9 heteroatoms. The molecule has 270 valence electrons. The van der Waals surface area contributed by atoms with E-state index in [2.05, 4.69) is 25.3 Å². The molecule has 1 saturated carbocycles. The molecule has 6 rings (SSSR count). The lowest BCUT2D eigenvalue weighted by molar-refractivity contribution is -0.139. The van der Waals surface area contributed by atoms with Crippen molar-refractivity contribution in [3.05, 3.63) is 119 Å². The van der Waals surface area contributed by atoms with Gasteiger partial charge >= 0.3 is 23.9 Å². The van der Waals surface area contributed by atoms with Gasteiger partial charge < -0.3 is 23.7 Å². The van der Waals surface area contributed by atoms with E-state index in [4.69, 9.17) is 23.7 Å². The van der Waals surface area contributed by atoms with Crippen LogP contribution >= 0.6 is 0 Å². The van der Waals surface area contributed by atoms with Crippen LogP contribution in [0.4, 0.5) is 0 Å². The second-order valence-electron chi connectivity index (χ2n) is 13.8. The molecule has 0 spiro atoms. The highest BCUT2D eigenvalue weighted by atomic mass is 16.6. The fourth-order valence-corrected chi connectivity index (χ4v) is 6.86. The first-order valence-electron chi connectivity index (χ1n) is 17.8. The van der Waals surface area contributed by atoms with Crippen LogP contribution in [0.15, 0.2) is 97.1 Å². The molecular formula is C43H44O9. The van der Waals surface area contributed by atoms with Crippen LogP contribution in [-0.2, 0) is 46.1 Å². The summed E-state index contributed by atoms with van der Waals surface area (Å²) >= 11 is 0. The number of carbonyl (C=O) groups is 4. The maximum Gasteiger partial charge on any atom is 0.338 e. The third kappa shape index (κ3) is 8.77. The van der Waals surface area contributed by atoms with Crippen LogP contribution in [-0.4, -0.2) is 62.0 Å². The summed E-state index contributed by atoms with van der Waals surface area (Å²) in [6, 6.07) is 23.2. The van der Waals surface area contributed by atoms with Crippen LogP contribution in [0.2, 0.25) is 0 Å². The molecule has 9 nitrogen and oxygen atoms in total. The van der Waals surface area contributed by atoms with E-state index < -0.39 is 24.1 Å². The van der Waals surface area contributed by atoms with Gasteiger partial charge in [-0.05, 0) is 109 Å². The number of ether oxygens (including phenoxy) is 5. The Balaban J connectivity index is 0.986. The average molecular weight is 705 g/mol. The lowest BCUT2D eigenvalue weighted by Crippen LogP contribution is -2.31. The zero-order chi connectivity index (χ0) is 36.8. The summed E-state index contributed by atoms with van der Waals surface area (Å²) in [7, 11) is 0. The zero-order valence-corrected chi connectivity index (χ0v) is 29.7. The Morgan fingerprint density at radius 2 is 1.10 bits per heavy atom. The molecule has 0 radical (unpaired) electrons. The quantitative estimate of drug-likeness (QED) is 0.0565. The molecule has 1 heterocycles. The lowest BCUT2D eigenvalue weighted by atomic mass is 10.0. The minimum absolute atomic E-state index is 0.0567. The van der Waals surface area contributed by atoms with Crippen LogP contribution in [0.25, 0.3) is 21.5 Å². The van der Waals surface area contributed by atoms with Crippen molar-refractivity contribution < 1.29 is 42.9 Å². The van der Waals surface area contributed by atoms with Crippen LogP contribution in [0.3, 0.4) is 0 Å². The molecule has 2 aliphatic rings. The number of hydrogen-bond acceptors (Lipinski definition) is 9. The van der Waals surface area contributed by atoms with Crippen molar-refractivity contribution in [2.24, 2.45) is 5.92 Å². The minimum atomic E-state index is -0.425. The Hall–Kier alpha value is -5.28. The van der Waals surface area contributed by atoms with Crippen LogP contribution in [0.5, 0.6) is 0 Å². The Kier molecular flexibility index (Phi) is 11.5. The SMILES string of the molecule is C=C(C)C(=O)OCCCc1ccc2cc(C(=O)O[C@H]3CO[C@H]4[C@@H]3CC[C@H]4OC(=O)c3ccc4cc(CCCOC(=O)C(=C)C)ccc4c3)ccc2c1. The fourth-order valence-electron chi connectivity index (χ4n) is 6.86. The van der Waals surface area contributed by atoms with Gasteiger partial charge in [0.05, 0.1) is 30.9 Å². The molecule has 0 unspecified atom stereocenters. The van der Waals surface area contributed by atoms with Crippen LogP contribution in [0.1, 0.15) is 71.4 Å². The average Bonchev–Trinajstić information content (AvgIpc) is 3.73. The summed E-state index contributed by atoms with van der Waals surface area (Å²) in [5.74, 6) is -1.64. The van der Waals surface area contributed by atoms with E-state index >= 15 is 0 Å². The predicted octanol–water partition coefficient (Wildman–Crippen LogP) is 7.66. The summed E-state index contributed by atoms with van der Waals surface area (Å²) in [4.78, 5) is 49.6. The van der Waals surface area contributed by atoms with Crippen molar-refractivity contribution >= 4 is 45.4 Å². The second-order valence-corrected chi connectivity index (χ2v) is 13.8. The van der Waals surface area contributed by atoms with Gasteiger partial charge in [0.15, 0.2) is 0 Å². The third-order valence-electron chi connectivity index (χ3n) is 9.68. The molecule has 1 aliphatic carbocycles. The highest BCUT2D eigenvalue weighted by Gasteiger charge is 2.49. The number of esters is 4. The molecule has 1 aliphatic heterocycles. The van der Waals surface area contributed by atoms with Crippen LogP contribution < -0.4 is 0 Å². The molecule has 52 heavy (non-hydrogen) atoms. The first-order valence-corrected chi connectivity index (χ1v) is 17.8. The number of fused-ring (bicyclic) bond motifs is 3. The van der Waals surface area contributed by atoms with Gasteiger partial charge in [-0.25, -0.2) is 19.2 Å². The Morgan fingerprint density at radius 3 is 1.60 bits per heavy atom. The zero-order valence-electron chi connectivity index (χ0n) is 29.7. The summed E-state index contributed by atoms with van der Waals surface area (Å²) in [6.45, 7) is 11.4. The summed E-state index contributed by atoms with van der Waals surface area (Å²) < 4.78 is 28.3. The molecule has 2 fully saturated rings. The van der Waals surface area contributed by atoms with Gasteiger partial charge in [0.25, 0.3) is 0 Å². The maximum absolute atomic E-state index is 13.2. The largest absolute Gasteiger partial charge is 0.462 e. The van der Waals surface area contributed by atoms with Gasteiger partial charge in [-0.1, -0.05) is 61.7 Å². The second kappa shape index (κ2) is 16.4. The summed E-state index contributed by atoms with van der Waals surface area (Å²) in [6.07, 6.45) is 3.08. The highest BCUT2D eigenvalue weighted by molar-refractivity contribution is 5.96. The fraction of sp³-hybridized carbons (Fsp3) is 0.349. The van der Waals surface area contributed by atoms with Gasteiger partial charge in [-0.2, -0.15) is 0 Å². The number of rotatable bonds is 14. The monoisotopic (exact) mass is 704 g/mol. The van der Waals surface area contributed by atoms with E-state index in [0.29, 0.717) is 54.7 Å². The number of aryl methyl sites for hydroxylation is 2. The Morgan fingerprint density at radius 1 is 0.635 bits per heavy atom. The van der Waals surface area contributed by atoms with Crippen LogP contribution in [0, 0.1) is 5.92 Å². The third-order valence-corrected chi connectivity index (χ3v) is 9.68. The van der Waals surface area contributed by atoms with E-state index in [1.807, 2.05) is 48.5 Å². The van der Waals surface area contributed by atoms with E-state index in [-0.39, 0.29) is 30.6 Å². The summed E-state index contributed by atoms with van der Waals surface area (Å²) in [5.41, 5.74) is 3.93. The predicted molar refractivity (Wildman–Crippen MR) is 197 cm³/mol. The number of benzene rings is 4. The Bertz CT molecular complexity index is 1880. The summed E-state index contributed by atoms with van der Waals surface area (Å²) in [5, 5.41) is 3.86. The standard InChI is InChI=1S/C43H44O9/c1-26(2)40(44)48-19-5-7-28-9-11-32-23-34(15-13-30(32)21-28)42(46)51-37-18-17-36-38(25-50-39(36)37)52-43(47)35-16-14-31-22-29(10-12-33(31)24-35)8-6-20-49-41(45)27(3)4/h9-16,21-24,36-39H,1,3,5-8,17-20,25H2,2,4H3/t36-,37-,38+,39+/m1/s1. The van der Waals surface area contributed by atoms with Gasteiger partial charge in [0.1, 0.15) is 18.3 Å². The minimum Gasteiger partial charge on any atom is -0.462 e. The normalized spacial score (nSPS) is 19.2. The van der Waals surface area contributed by atoms with Gasteiger partial charge in [0, 0.05) is 17.1 Å². The van der Waals surface area contributed by atoms with E-state index in [1.54, 1.807) is 26.0 Å². The van der Waals surface area contributed by atoms with Crippen molar-refractivity contribution in [3.8, 4) is 0 Å². The first-order chi connectivity index (χ1) is 25.0. The molecule has 4 atom stereocenters. The first kappa shape index (κ1) is 36.5. The van der Waals surface area contributed by atoms with Crippen molar-refractivity contribution in [2.45, 2.75) is 70.7 Å². The van der Waals surface area contributed by atoms with Crippen molar-refractivity contribution in [1.82, 2.24) is 0 Å². The highest BCUT2D eigenvalue weighted by Crippen LogP contribution is 2.40. The van der Waals surface area contributed by atoms with Crippen molar-refractivity contribution in [1.29, 1.82) is 0 Å². The number of carbonyl (C=O) groups excluding carboxylic acids is 4. The Labute approximate surface area is 303 Å². The molecule has 1 saturated heterocycles. The molecule has 0 N–H and O–H groups in total. The topological polar surface area (TPSA) is 114 Å². The van der Waals surface area contributed by atoms with E-state index in [1.165, 1.54) is 0 Å². The molecule has 4 aromatic rings. The van der Waals surface area contributed by atoms with E-state index in [0.717, 1.165) is 51.9 Å². The smallest absolute Gasteiger partial charge is 0.338 e. The maximum atomic E-state index is 13.2. The number of hydrogen-bond donors (Lipinski definition) is 0. The molecule has 0 bridgehead atoms. The van der Waals surface area contributed by atoms with Gasteiger partial charge in [0.2, 0.25) is 0 Å². The molecule has 4 aromatic carbocycles. The molecule has 0 aromatic heterocycles. The van der Waals surface area contributed by atoms with Crippen molar-refractivity contribution in [2.75, 3.05) is 19.8 Å². The van der Waals surface area contributed by atoms with E-state index in [9.17, 15) is 19.2 Å². The van der Waals surface area contributed by atoms with Gasteiger partial charge in [-0.15, -0.1) is 0 Å². The van der Waals surface area contributed by atoms with Gasteiger partial charge in [-0.3, -0.25) is 0 Å². The molecular weight excluding hydrogens is 660 g/mol. The molecule has 0 amide bonds.